The van der Waals surface area contributed by atoms with Crippen molar-refractivity contribution in [2.75, 3.05) is 10.6 Å². The summed E-state index contributed by atoms with van der Waals surface area (Å²) in [5.41, 5.74) is 1.85. The van der Waals surface area contributed by atoms with E-state index in [9.17, 15) is 44.2 Å². The fourth-order valence-electron chi connectivity index (χ4n) is 6.67. The number of aromatic nitrogens is 2. The molecule has 8 aromatic rings. The first-order valence-electron chi connectivity index (χ1n) is 19.1. The third kappa shape index (κ3) is 10.5. The van der Waals surface area contributed by atoms with Crippen LogP contribution in [0.4, 0.5) is 44.5 Å². The fraction of sp³-hybridized carbons (Fsp3) is 0.0238. The minimum absolute atomic E-state index is 0.00190. The Balaban J connectivity index is 1.24. The first-order valence-corrected chi connectivity index (χ1v) is 24.9. The number of nitriles is 1. The Morgan fingerprint density at radius 3 is 1.94 bits per heavy atom. The highest BCUT2D eigenvalue weighted by Crippen LogP contribution is 2.44. The second-order valence-corrected chi connectivity index (χ2v) is 20.1. The minimum Gasteiger partial charge on any atom is -0.339 e. The first kappa shape index (κ1) is 47.4. The summed E-state index contributed by atoms with van der Waals surface area (Å²) in [6.07, 6.45) is 0. The molecule has 0 saturated carbocycles. The first-order chi connectivity index (χ1) is 32.4. The quantitative estimate of drug-likeness (QED) is 0.0183. The van der Waals surface area contributed by atoms with Crippen molar-refractivity contribution < 1.29 is 53.5 Å². The maximum absolute atomic E-state index is 12.4. The summed E-state index contributed by atoms with van der Waals surface area (Å²) in [7, 11) is -13.7. The number of pyridine rings is 1. The molecule has 0 fully saturated rings. The molecular weight excluding hydrogens is 983 g/mol. The monoisotopic (exact) mass is 1010 g/mol. The molecule has 0 unspecified atom stereocenters. The van der Waals surface area contributed by atoms with E-state index in [1.54, 1.807) is 13.0 Å². The van der Waals surface area contributed by atoms with E-state index in [0.717, 1.165) is 46.4 Å². The van der Waals surface area contributed by atoms with Crippen molar-refractivity contribution in [3.63, 3.8) is 0 Å². The maximum atomic E-state index is 12.4. The van der Waals surface area contributed by atoms with E-state index in [1.807, 2.05) is 42.5 Å². The van der Waals surface area contributed by atoms with Crippen LogP contribution in [0.25, 0.3) is 32.8 Å². The Morgan fingerprint density at radius 1 is 0.676 bits per heavy atom. The summed E-state index contributed by atoms with van der Waals surface area (Å²) in [5.74, 6) is -0.0106. The van der Waals surface area contributed by atoms with Gasteiger partial charge in [-0.3, -0.25) is 13.7 Å². The number of benzene rings is 6. The molecule has 0 atom stereocenters. The van der Waals surface area contributed by atoms with Gasteiger partial charge in [0.15, 0.2) is 16.6 Å². The molecular formula is C42H29N9O12S5. The molecule has 0 amide bonds. The predicted molar refractivity (Wildman–Crippen MR) is 251 cm³/mol. The Hall–Kier alpha value is -7.13. The molecule has 0 aliphatic rings. The zero-order chi connectivity index (χ0) is 48.4. The summed E-state index contributed by atoms with van der Waals surface area (Å²) in [5, 5.41) is 49.3. The molecule has 21 nitrogen and oxygen atoms in total. The van der Waals surface area contributed by atoms with E-state index in [1.165, 1.54) is 48.5 Å². The topological polar surface area (TPSA) is 325 Å². The molecule has 0 spiro atoms. The van der Waals surface area contributed by atoms with Crippen molar-refractivity contribution in [3.05, 3.63) is 132 Å². The van der Waals surface area contributed by atoms with Crippen LogP contribution in [0.5, 0.6) is 0 Å². The number of azo groups is 2. The average molecular weight is 1010 g/mol. The van der Waals surface area contributed by atoms with Crippen LogP contribution in [-0.2, 0) is 39.7 Å². The van der Waals surface area contributed by atoms with Gasteiger partial charge in [-0.2, -0.15) is 30.5 Å². The van der Waals surface area contributed by atoms with Gasteiger partial charge in [-0.25, -0.2) is 15.2 Å². The second-order valence-electron chi connectivity index (χ2n) is 14.1. The minimum atomic E-state index is -4.72. The predicted octanol–water partition coefficient (Wildman–Crippen LogP) is 11.2. The van der Waals surface area contributed by atoms with Gasteiger partial charge in [0.05, 0.1) is 33.1 Å². The van der Waals surface area contributed by atoms with Gasteiger partial charge in [0.2, 0.25) is 5.13 Å². The number of thiazole rings is 1. The number of hydrogen-bond acceptors (Lipinski definition) is 20. The van der Waals surface area contributed by atoms with E-state index in [-0.39, 0.29) is 75.7 Å². The van der Waals surface area contributed by atoms with Crippen molar-refractivity contribution in [1.82, 2.24) is 9.97 Å². The lowest BCUT2D eigenvalue weighted by Gasteiger charge is -2.16. The standard InChI is InChI=1S/C42H29N9O12S5/c1-23-34(22-43)39(44-27-11-15-30(16-12-27)66(53,54)55)47-40(45-28-13-17-31(18-14-28)67(56,57)58)37(23)49-51-42-46-38(26-10-9-24-5-2-3-6-25(24)19-26)41(64-42)50-48-29-20-33-32(35(21-29)65-63-62-52)7-4-8-36(33)68(59,60)61/h2-21,52H,1H3,(H2,44,45,47)(H,53,54,55)(H,56,57,58)(H,59,60,61). The molecule has 0 saturated heterocycles. The number of anilines is 4. The summed E-state index contributed by atoms with van der Waals surface area (Å²) in [4.78, 5) is 8.42. The van der Waals surface area contributed by atoms with Crippen LogP contribution < -0.4 is 10.6 Å². The second kappa shape index (κ2) is 19.2. The Bertz CT molecular complexity index is 3740. The van der Waals surface area contributed by atoms with Crippen molar-refractivity contribution in [2.45, 2.75) is 26.5 Å². The largest absolute Gasteiger partial charge is 0.339 e. The summed E-state index contributed by atoms with van der Waals surface area (Å²) >= 11 is 1.49. The van der Waals surface area contributed by atoms with E-state index < -0.39 is 35.2 Å². The third-order valence-corrected chi connectivity index (χ3v) is 13.9. The lowest BCUT2D eigenvalue weighted by molar-refractivity contribution is -0.432. The molecule has 6 N–H and O–H groups in total. The average Bonchev–Trinajstić information content (AvgIpc) is 3.72. The lowest BCUT2D eigenvalue weighted by Crippen LogP contribution is -2.05. The lowest BCUT2D eigenvalue weighted by atomic mass is 10.1. The molecule has 2 heterocycles. The van der Waals surface area contributed by atoms with Gasteiger partial charge >= 0.3 is 0 Å². The molecule has 0 bridgehead atoms. The van der Waals surface area contributed by atoms with Crippen LogP contribution in [0.1, 0.15) is 11.1 Å². The highest BCUT2D eigenvalue weighted by atomic mass is 32.2. The number of hydrogen-bond donors (Lipinski definition) is 6. The number of fused-ring (bicyclic) bond motifs is 2. The van der Waals surface area contributed by atoms with Crippen molar-refractivity contribution >= 4 is 120 Å². The molecule has 68 heavy (non-hydrogen) atoms. The van der Waals surface area contributed by atoms with E-state index in [2.05, 4.69) is 51.5 Å². The zero-order valence-electron chi connectivity index (χ0n) is 34.3. The highest BCUT2D eigenvalue weighted by molar-refractivity contribution is 7.94. The van der Waals surface area contributed by atoms with Crippen molar-refractivity contribution in [3.8, 4) is 17.3 Å². The van der Waals surface area contributed by atoms with Crippen LogP contribution in [0, 0.1) is 18.3 Å². The van der Waals surface area contributed by atoms with E-state index in [4.69, 9.17) is 10.2 Å². The Morgan fingerprint density at radius 2 is 1.32 bits per heavy atom. The Labute approximate surface area is 393 Å². The van der Waals surface area contributed by atoms with Gasteiger partial charge in [-0.1, -0.05) is 64.9 Å². The molecule has 6 aromatic carbocycles. The van der Waals surface area contributed by atoms with Crippen molar-refractivity contribution in [2.24, 2.45) is 20.5 Å². The van der Waals surface area contributed by atoms with Gasteiger partial charge in [0, 0.05) is 32.8 Å². The molecule has 0 aliphatic carbocycles. The van der Waals surface area contributed by atoms with Crippen LogP contribution >= 0.6 is 23.4 Å². The third-order valence-electron chi connectivity index (χ3n) is 9.80. The Kier molecular flexibility index (Phi) is 13.4. The summed E-state index contributed by atoms with van der Waals surface area (Å²) in [6.45, 7) is 1.57. The van der Waals surface area contributed by atoms with Crippen molar-refractivity contribution in [1.29, 1.82) is 5.26 Å². The molecule has 2 aromatic heterocycles. The molecule has 0 radical (unpaired) electrons. The number of nitrogens with one attached hydrogen (secondary N) is 2. The van der Waals surface area contributed by atoms with Gasteiger partial charge in [-0.15, -0.1) is 24.8 Å². The molecule has 344 valence electrons. The van der Waals surface area contributed by atoms with Crippen LogP contribution in [0.3, 0.4) is 0 Å². The summed E-state index contributed by atoms with van der Waals surface area (Å²) in [6, 6.07) is 32.3. The highest BCUT2D eigenvalue weighted by Gasteiger charge is 2.22. The van der Waals surface area contributed by atoms with E-state index in [0.29, 0.717) is 28.7 Å². The molecule has 26 heteroatoms. The number of nitrogens with zero attached hydrogens (tertiary/aromatic N) is 7. The van der Waals surface area contributed by atoms with Crippen LogP contribution in [0.2, 0.25) is 0 Å². The van der Waals surface area contributed by atoms with Gasteiger partial charge in [0.25, 0.3) is 30.4 Å². The van der Waals surface area contributed by atoms with Gasteiger partial charge in [0.1, 0.15) is 22.3 Å². The molecule has 0 aliphatic heterocycles. The van der Waals surface area contributed by atoms with Crippen LogP contribution in [0.15, 0.2) is 161 Å². The fourth-order valence-corrected chi connectivity index (χ4v) is 9.60. The zero-order valence-corrected chi connectivity index (χ0v) is 38.4. The maximum Gasteiger partial charge on any atom is 0.295 e. The van der Waals surface area contributed by atoms with E-state index >= 15 is 0 Å². The smallest absolute Gasteiger partial charge is 0.295 e. The van der Waals surface area contributed by atoms with Gasteiger partial charge < -0.3 is 10.6 Å². The van der Waals surface area contributed by atoms with Crippen LogP contribution in [-0.4, -0.2) is 54.1 Å². The SMILES string of the molecule is Cc1c(C#N)c(Nc2ccc(S(=O)(=O)O)cc2)nc(Nc2ccc(S(=O)(=O)O)cc2)c1N=Nc1nc(-c2ccc3ccccc3c2)c(N=Nc2cc(SOOO)c3cccc(S(=O)(=O)O)c3c2)s1. The number of rotatable bonds is 15. The normalized spacial score (nSPS) is 12.3. The summed E-state index contributed by atoms with van der Waals surface area (Å²) < 4.78 is 105. The molecule has 8 rings (SSSR count). The van der Waals surface area contributed by atoms with Gasteiger partial charge in [-0.05, 0) is 95.9 Å².